The number of hydrogen-bond donors (Lipinski definition) is 0. The zero-order valence-corrected chi connectivity index (χ0v) is 11.0. The Morgan fingerprint density at radius 2 is 2.29 bits per heavy atom. The maximum atomic E-state index is 12.2. The lowest BCUT2D eigenvalue weighted by Crippen LogP contribution is -2.42. The van der Waals surface area contributed by atoms with Crippen LogP contribution in [0.5, 0.6) is 0 Å². The van der Waals surface area contributed by atoms with Crippen molar-refractivity contribution in [3.05, 3.63) is 0 Å². The Balaban J connectivity index is 1.90. The number of ketones is 1. The van der Waals surface area contributed by atoms with E-state index >= 15 is 0 Å². The number of rotatable bonds is 4. The van der Waals surface area contributed by atoms with Gasteiger partial charge in [-0.2, -0.15) is 0 Å². The summed E-state index contributed by atoms with van der Waals surface area (Å²) in [4.78, 5) is 12.2. The predicted octanol–water partition coefficient (Wildman–Crippen LogP) is 2.58. The minimum Gasteiger partial charge on any atom is -0.378 e. The first-order valence-electron chi connectivity index (χ1n) is 6.89. The largest absolute Gasteiger partial charge is 0.378 e. The van der Waals surface area contributed by atoms with Gasteiger partial charge in [0.1, 0.15) is 5.78 Å². The Morgan fingerprint density at radius 1 is 1.47 bits per heavy atom. The van der Waals surface area contributed by atoms with Crippen molar-refractivity contribution >= 4 is 5.78 Å². The van der Waals surface area contributed by atoms with Crippen molar-refractivity contribution < 1.29 is 14.3 Å². The van der Waals surface area contributed by atoms with Crippen molar-refractivity contribution in [2.75, 3.05) is 19.8 Å². The highest BCUT2D eigenvalue weighted by Gasteiger charge is 2.42. The second kappa shape index (κ2) is 5.49. The van der Waals surface area contributed by atoms with E-state index < -0.39 is 0 Å². The Bertz CT molecular complexity index is 269. The summed E-state index contributed by atoms with van der Waals surface area (Å²) in [5.74, 6) is 1.16. The van der Waals surface area contributed by atoms with E-state index in [1.54, 1.807) is 0 Å². The van der Waals surface area contributed by atoms with Crippen LogP contribution in [0.1, 0.15) is 46.0 Å². The Kier molecular flexibility index (Phi) is 4.21. The van der Waals surface area contributed by atoms with Gasteiger partial charge in [0.25, 0.3) is 0 Å². The van der Waals surface area contributed by atoms with Crippen LogP contribution >= 0.6 is 0 Å². The van der Waals surface area contributed by atoms with Crippen LogP contribution in [0.15, 0.2) is 0 Å². The molecule has 0 aromatic heterocycles. The molecule has 3 unspecified atom stereocenters. The van der Waals surface area contributed by atoms with Crippen molar-refractivity contribution in [1.29, 1.82) is 0 Å². The molecule has 2 saturated heterocycles. The fraction of sp³-hybridized carbons (Fsp3) is 0.929. The van der Waals surface area contributed by atoms with Gasteiger partial charge in [-0.3, -0.25) is 4.79 Å². The molecular formula is C14H24O3. The molecule has 0 saturated carbocycles. The summed E-state index contributed by atoms with van der Waals surface area (Å²) in [5, 5.41) is 0. The van der Waals surface area contributed by atoms with E-state index in [2.05, 4.69) is 13.8 Å². The quantitative estimate of drug-likeness (QED) is 0.757. The molecule has 2 heterocycles. The molecule has 3 atom stereocenters. The molecule has 2 aliphatic heterocycles. The smallest absolute Gasteiger partial charge is 0.136 e. The number of Topliss-reactive ketones (excluding diaryl/α,β-unsaturated/α-hetero) is 1. The van der Waals surface area contributed by atoms with Gasteiger partial charge in [-0.15, -0.1) is 0 Å². The summed E-state index contributed by atoms with van der Waals surface area (Å²) < 4.78 is 11.3. The van der Waals surface area contributed by atoms with Gasteiger partial charge in [-0.1, -0.05) is 20.3 Å². The Labute approximate surface area is 104 Å². The van der Waals surface area contributed by atoms with Crippen molar-refractivity contribution in [2.24, 2.45) is 11.8 Å². The summed E-state index contributed by atoms with van der Waals surface area (Å²) in [6, 6.07) is 0. The third-order valence-corrected chi connectivity index (χ3v) is 4.26. The molecule has 98 valence electrons. The molecule has 0 aliphatic carbocycles. The molecule has 0 aromatic rings. The topological polar surface area (TPSA) is 35.5 Å². The van der Waals surface area contributed by atoms with Crippen molar-refractivity contribution in [3.63, 3.8) is 0 Å². The van der Waals surface area contributed by atoms with Gasteiger partial charge >= 0.3 is 0 Å². The molecule has 17 heavy (non-hydrogen) atoms. The van der Waals surface area contributed by atoms with Crippen LogP contribution < -0.4 is 0 Å². The van der Waals surface area contributed by atoms with Crippen LogP contribution in [0.4, 0.5) is 0 Å². The normalized spacial score (nSPS) is 35.1. The first-order chi connectivity index (χ1) is 8.15. The molecular weight excluding hydrogens is 216 g/mol. The fourth-order valence-electron chi connectivity index (χ4n) is 2.82. The van der Waals surface area contributed by atoms with Gasteiger partial charge in [0.05, 0.1) is 12.2 Å². The highest BCUT2D eigenvalue weighted by molar-refractivity contribution is 5.81. The molecule has 0 amide bonds. The maximum Gasteiger partial charge on any atom is 0.136 e. The van der Waals surface area contributed by atoms with E-state index in [1.165, 1.54) is 0 Å². The predicted molar refractivity (Wildman–Crippen MR) is 65.9 cm³/mol. The Morgan fingerprint density at radius 3 is 2.94 bits per heavy atom. The van der Waals surface area contributed by atoms with Gasteiger partial charge < -0.3 is 9.47 Å². The van der Waals surface area contributed by atoms with Gasteiger partial charge in [-0.25, -0.2) is 0 Å². The van der Waals surface area contributed by atoms with Gasteiger partial charge in [-0.05, 0) is 18.8 Å². The molecule has 0 radical (unpaired) electrons. The first kappa shape index (κ1) is 13.0. The molecule has 2 rings (SSSR count). The molecule has 3 heteroatoms. The van der Waals surface area contributed by atoms with Crippen molar-refractivity contribution in [2.45, 2.75) is 51.6 Å². The second-order valence-electron chi connectivity index (χ2n) is 5.71. The monoisotopic (exact) mass is 240 g/mol. The summed E-state index contributed by atoms with van der Waals surface area (Å²) in [7, 11) is 0. The van der Waals surface area contributed by atoms with Gasteiger partial charge in [0.15, 0.2) is 0 Å². The van der Waals surface area contributed by atoms with E-state index in [0.29, 0.717) is 18.3 Å². The summed E-state index contributed by atoms with van der Waals surface area (Å²) >= 11 is 0. The third-order valence-electron chi connectivity index (χ3n) is 4.26. The fourth-order valence-corrected chi connectivity index (χ4v) is 2.82. The average Bonchev–Trinajstić information content (AvgIpc) is 2.77. The maximum absolute atomic E-state index is 12.2. The molecule has 0 aromatic carbocycles. The summed E-state index contributed by atoms with van der Waals surface area (Å²) in [6.45, 7) is 6.49. The summed E-state index contributed by atoms with van der Waals surface area (Å²) in [6.07, 6.45) is 4.56. The summed E-state index contributed by atoms with van der Waals surface area (Å²) in [5.41, 5.74) is -0.131. The number of ether oxygens (including phenoxy) is 2. The lowest BCUT2D eigenvalue weighted by Gasteiger charge is -2.36. The van der Waals surface area contributed by atoms with Crippen LogP contribution in [0, 0.1) is 11.8 Å². The van der Waals surface area contributed by atoms with Crippen LogP contribution in [0.2, 0.25) is 0 Å². The highest BCUT2D eigenvalue weighted by Crippen LogP contribution is 2.36. The number of carbonyl (C=O) groups excluding carboxylic acids is 1. The number of carbonyl (C=O) groups is 1. The zero-order valence-electron chi connectivity index (χ0n) is 11.0. The van der Waals surface area contributed by atoms with E-state index in [-0.39, 0.29) is 11.5 Å². The highest BCUT2D eigenvalue weighted by atomic mass is 16.6. The standard InChI is InChI=1S/C14H24O3/c1-3-11(2)8-13(15)12-4-6-17-14(9-12)5-7-16-10-14/h11-12H,3-10H2,1-2H3. The Hall–Kier alpha value is -0.410. The number of hydrogen-bond acceptors (Lipinski definition) is 3. The minimum atomic E-state index is -0.131. The molecule has 1 spiro atoms. The molecule has 3 nitrogen and oxygen atoms in total. The lowest BCUT2D eigenvalue weighted by atomic mass is 9.80. The molecule has 2 fully saturated rings. The van der Waals surface area contributed by atoms with E-state index in [1.807, 2.05) is 0 Å². The second-order valence-corrected chi connectivity index (χ2v) is 5.71. The lowest BCUT2D eigenvalue weighted by molar-refractivity contribution is -0.137. The van der Waals surface area contributed by atoms with Crippen molar-refractivity contribution in [1.82, 2.24) is 0 Å². The average molecular weight is 240 g/mol. The van der Waals surface area contributed by atoms with Crippen LogP contribution in [-0.2, 0) is 14.3 Å². The third kappa shape index (κ3) is 3.08. The van der Waals surface area contributed by atoms with Crippen LogP contribution in [-0.4, -0.2) is 31.2 Å². The molecule has 0 bridgehead atoms. The van der Waals surface area contributed by atoms with Crippen molar-refractivity contribution in [3.8, 4) is 0 Å². The van der Waals surface area contributed by atoms with Gasteiger partial charge in [0, 0.05) is 32.0 Å². The van der Waals surface area contributed by atoms with Gasteiger partial charge in [0.2, 0.25) is 0 Å². The SMILES string of the molecule is CCC(C)CC(=O)C1CCOC2(CCOC2)C1. The molecule has 2 aliphatic rings. The van der Waals surface area contributed by atoms with E-state index in [4.69, 9.17) is 9.47 Å². The molecule has 0 N–H and O–H groups in total. The van der Waals surface area contributed by atoms with Crippen LogP contribution in [0.25, 0.3) is 0 Å². The zero-order chi connectivity index (χ0) is 12.3. The van der Waals surface area contributed by atoms with Crippen LogP contribution in [0.3, 0.4) is 0 Å². The first-order valence-corrected chi connectivity index (χ1v) is 6.89. The van der Waals surface area contributed by atoms with E-state index in [9.17, 15) is 4.79 Å². The minimum absolute atomic E-state index is 0.131. The van der Waals surface area contributed by atoms with E-state index in [0.717, 1.165) is 45.3 Å².